The fourth-order valence-electron chi connectivity index (χ4n) is 2.26. The SMILES string of the molecule is CN(Cc1ccccc1)C(=O)[C@@H]1CCCCN1.Cl. The summed E-state index contributed by atoms with van der Waals surface area (Å²) in [4.78, 5) is 14.0. The van der Waals surface area contributed by atoms with Gasteiger partial charge in [0.25, 0.3) is 0 Å². The molecule has 100 valence electrons. The first-order valence-electron chi connectivity index (χ1n) is 6.29. The Morgan fingerprint density at radius 3 is 2.67 bits per heavy atom. The van der Waals surface area contributed by atoms with Crippen LogP contribution < -0.4 is 5.32 Å². The van der Waals surface area contributed by atoms with E-state index in [9.17, 15) is 4.79 Å². The molecule has 1 aromatic rings. The summed E-state index contributed by atoms with van der Waals surface area (Å²) in [5, 5.41) is 3.29. The van der Waals surface area contributed by atoms with Gasteiger partial charge in [0, 0.05) is 13.6 Å². The van der Waals surface area contributed by atoms with Crippen LogP contribution in [0, 0.1) is 0 Å². The summed E-state index contributed by atoms with van der Waals surface area (Å²) in [5.74, 6) is 0.216. The second kappa shape index (κ2) is 7.39. The molecule has 18 heavy (non-hydrogen) atoms. The van der Waals surface area contributed by atoms with Crippen molar-refractivity contribution in [2.45, 2.75) is 31.8 Å². The Balaban J connectivity index is 0.00000162. The van der Waals surface area contributed by atoms with Crippen LogP contribution in [-0.4, -0.2) is 30.4 Å². The molecular formula is C14H21ClN2O. The van der Waals surface area contributed by atoms with E-state index in [-0.39, 0.29) is 24.4 Å². The van der Waals surface area contributed by atoms with Gasteiger partial charge in [-0.25, -0.2) is 0 Å². The minimum atomic E-state index is 0. The highest BCUT2D eigenvalue weighted by Gasteiger charge is 2.23. The average Bonchev–Trinajstić information content (AvgIpc) is 2.40. The lowest BCUT2D eigenvalue weighted by molar-refractivity contribution is -0.133. The summed E-state index contributed by atoms with van der Waals surface area (Å²) in [6.07, 6.45) is 3.31. The summed E-state index contributed by atoms with van der Waals surface area (Å²) < 4.78 is 0. The number of benzene rings is 1. The predicted octanol–water partition coefficient (Wildman–Crippen LogP) is 2.21. The van der Waals surface area contributed by atoms with Crippen LogP contribution in [0.3, 0.4) is 0 Å². The molecule has 1 fully saturated rings. The summed E-state index contributed by atoms with van der Waals surface area (Å²) >= 11 is 0. The van der Waals surface area contributed by atoms with Crippen molar-refractivity contribution in [3.63, 3.8) is 0 Å². The zero-order chi connectivity index (χ0) is 12.1. The predicted molar refractivity (Wildman–Crippen MR) is 75.8 cm³/mol. The van der Waals surface area contributed by atoms with E-state index >= 15 is 0 Å². The Labute approximate surface area is 115 Å². The number of likely N-dealkylation sites (N-methyl/N-ethyl adjacent to an activating group) is 1. The fraction of sp³-hybridized carbons (Fsp3) is 0.500. The van der Waals surface area contributed by atoms with Crippen LogP contribution in [0.5, 0.6) is 0 Å². The largest absolute Gasteiger partial charge is 0.340 e. The molecule has 0 radical (unpaired) electrons. The van der Waals surface area contributed by atoms with Crippen molar-refractivity contribution in [2.24, 2.45) is 0 Å². The average molecular weight is 269 g/mol. The van der Waals surface area contributed by atoms with E-state index in [1.165, 1.54) is 12.0 Å². The Hall–Kier alpha value is -1.06. The molecule has 4 heteroatoms. The van der Waals surface area contributed by atoms with Gasteiger partial charge in [0.1, 0.15) is 0 Å². The zero-order valence-electron chi connectivity index (χ0n) is 10.8. The second-order valence-corrected chi connectivity index (χ2v) is 4.68. The third kappa shape index (κ3) is 4.00. The second-order valence-electron chi connectivity index (χ2n) is 4.68. The van der Waals surface area contributed by atoms with Crippen LogP contribution in [0.15, 0.2) is 30.3 Å². The highest BCUT2D eigenvalue weighted by Crippen LogP contribution is 2.11. The normalized spacial score (nSPS) is 18.8. The maximum atomic E-state index is 12.2. The smallest absolute Gasteiger partial charge is 0.239 e. The number of piperidine rings is 1. The van der Waals surface area contributed by atoms with Crippen LogP contribution in [-0.2, 0) is 11.3 Å². The molecule has 1 saturated heterocycles. The molecule has 0 saturated carbocycles. The molecule has 0 aliphatic carbocycles. The minimum Gasteiger partial charge on any atom is -0.340 e. The minimum absolute atomic E-state index is 0. The van der Waals surface area contributed by atoms with Crippen molar-refractivity contribution in [3.05, 3.63) is 35.9 Å². The maximum Gasteiger partial charge on any atom is 0.239 e. The van der Waals surface area contributed by atoms with Crippen LogP contribution in [0.4, 0.5) is 0 Å². The third-order valence-corrected chi connectivity index (χ3v) is 3.25. The topological polar surface area (TPSA) is 32.3 Å². The van der Waals surface area contributed by atoms with Gasteiger partial charge in [0.05, 0.1) is 6.04 Å². The summed E-state index contributed by atoms with van der Waals surface area (Å²) in [5.41, 5.74) is 1.18. The van der Waals surface area contributed by atoms with Gasteiger partial charge in [0.2, 0.25) is 5.91 Å². The van der Waals surface area contributed by atoms with E-state index in [0.29, 0.717) is 6.54 Å². The molecular weight excluding hydrogens is 248 g/mol. The number of rotatable bonds is 3. The number of nitrogens with one attached hydrogen (secondary N) is 1. The summed E-state index contributed by atoms with van der Waals surface area (Å²) in [6, 6.07) is 10.1. The van der Waals surface area contributed by atoms with Crippen LogP contribution >= 0.6 is 12.4 Å². The van der Waals surface area contributed by atoms with Gasteiger partial charge in [-0.2, -0.15) is 0 Å². The molecule has 1 aromatic carbocycles. The highest BCUT2D eigenvalue weighted by atomic mass is 35.5. The van der Waals surface area contributed by atoms with Crippen LogP contribution in [0.1, 0.15) is 24.8 Å². The van der Waals surface area contributed by atoms with E-state index < -0.39 is 0 Å². The Morgan fingerprint density at radius 2 is 2.06 bits per heavy atom. The maximum absolute atomic E-state index is 12.2. The molecule has 0 bridgehead atoms. The van der Waals surface area contributed by atoms with Crippen LogP contribution in [0.2, 0.25) is 0 Å². The van der Waals surface area contributed by atoms with Crippen LogP contribution in [0.25, 0.3) is 0 Å². The molecule has 1 amide bonds. The van der Waals surface area contributed by atoms with Crippen molar-refractivity contribution < 1.29 is 4.79 Å². The van der Waals surface area contributed by atoms with Gasteiger partial charge in [-0.15, -0.1) is 12.4 Å². The quantitative estimate of drug-likeness (QED) is 0.912. The number of carbonyl (C=O) groups excluding carboxylic acids is 1. The fourth-order valence-corrected chi connectivity index (χ4v) is 2.26. The Kier molecular flexibility index (Phi) is 6.16. The highest BCUT2D eigenvalue weighted by molar-refractivity contribution is 5.85. The lowest BCUT2D eigenvalue weighted by Gasteiger charge is -2.27. The molecule has 1 aliphatic rings. The van der Waals surface area contributed by atoms with E-state index in [1.807, 2.05) is 30.1 Å². The summed E-state index contributed by atoms with van der Waals surface area (Å²) in [6.45, 7) is 1.66. The van der Waals surface area contributed by atoms with Crippen molar-refractivity contribution in [3.8, 4) is 0 Å². The number of hydrogen-bond acceptors (Lipinski definition) is 2. The molecule has 0 unspecified atom stereocenters. The first-order valence-corrected chi connectivity index (χ1v) is 6.29. The van der Waals surface area contributed by atoms with Crippen molar-refractivity contribution in [1.29, 1.82) is 0 Å². The van der Waals surface area contributed by atoms with Gasteiger partial charge in [-0.05, 0) is 24.9 Å². The van der Waals surface area contributed by atoms with E-state index in [2.05, 4.69) is 17.4 Å². The molecule has 1 aliphatic heterocycles. The third-order valence-electron chi connectivity index (χ3n) is 3.25. The number of halogens is 1. The van der Waals surface area contributed by atoms with Crippen molar-refractivity contribution in [1.82, 2.24) is 10.2 Å². The summed E-state index contributed by atoms with van der Waals surface area (Å²) in [7, 11) is 1.88. The van der Waals surface area contributed by atoms with E-state index in [1.54, 1.807) is 0 Å². The number of hydrogen-bond donors (Lipinski definition) is 1. The molecule has 1 atom stereocenters. The van der Waals surface area contributed by atoms with Gasteiger partial charge < -0.3 is 10.2 Å². The van der Waals surface area contributed by atoms with E-state index in [0.717, 1.165) is 19.4 Å². The first-order chi connectivity index (χ1) is 8.27. The lowest BCUT2D eigenvalue weighted by atomic mass is 10.0. The molecule has 0 spiro atoms. The number of nitrogens with zero attached hydrogens (tertiary/aromatic N) is 1. The van der Waals surface area contributed by atoms with Gasteiger partial charge in [0.15, 0.2) is 0 Å². The first kappa shape index (κ1) is 15.0. The Morgan fingerprint density at radius 1 is 1.33 bits per heavy atom. The van der Waals surface area contributed by atoms with E-state index in [4.69, 9.17) is 0 Å². The zero-order valence-corrected chi connectivity index (χ0v) is 11.6. The van der Waals surface area contributed by atoms with Crippen molar-refractivity contribution >= 4 is 18.3 Å². The molecule has 1 heterocycles. The molecule has 1 N–H and O–H groups in total. The van der Waals surface area contributed by atoms with Gasteiger partial charge >= 0.3 is 0 Å². The molecule has 0 aromatic heterocycles. The Bertz CT molecular complexity index is 363. The number of carbonyl (C=O) groups is 1. The standard InChI is InChI=1S/C14H20N2O.ClH/c1-16(11-12-7-3-2-4-8-12)14(17)13-9-5-6-10-15-13;/h2-4,7-8,13,15H,5-6,9-11H2,1H3;1H/t13-;/m0./s1. The van der Waals surface area contributed by atoms with Gasteiger partial charge in [-0.3, -0.25) is 4.79 Å². The molecule has 3 nitrogen and oxygen atoms in total. The molecule has 2 rings (SSSR count). The monoisotopic (exact) mass is 268 g/mol. The van der Waals surface area contributed by atoms with Crippen molar-refractivity contribution in [2.75, 3.05) is 13.6 Å². The number of amides is 1. The van der Waals surface area contributed by atoms with Gasteiger partial charge in [-0.1, -0.05) is 36.8 Å². The lowest BCUT2D eigenvalue weighted by Crippen LogP contribution is -2.46.